The van der Waals surface area contributed by atoms with E-state index in [1.54, 1.807) is 14.0 Å². The van der Waals surface area contributed by atoms with Gasteiger partial charge in [-0.3, -0.25) is 9.48 Å². The number of hydrogen-bond donors (Lipinski definition) is 2. The van der Waals surface area contributed by atoms with Crippen molar-refractivity contribution in [3.63, 3.8) is 0 Å². The first kappa shape index (κ1) is 13.5. The third-order valence-corrected chi connectivity index (χ3v) is 2.32. The summed E-state index contributed by atoms with van der Waals surface area (Å²) < 4.78 is 38.8. The number of nitrogens with one attached hydrogen (secondary N) is 1. The zero-order valence-corrected chi connectivity index (χ0v) is 9.59. The molecule has 1 amide bonds. The first-order valence-corrected chi connectivity index (χ1v) is 4.73. The van der Waals surface area contributed by atoms with Gasteiger partial charge in [-0.1, -0.05) is 0 Å². The quantitative estimate of drug-likeness (QED) is 0.820. The van der Waals surface area contributed by atoms with Gasteiger partial charge in [-0.25, -0.2) is 0 Å². The second-order valence-electron chi connectivity index (χ2n) is 3.96. The molecule has 17 heavy (non-hydrogen) atoms. The second kappa shape index (κ2) is 4.02. The topological polar surface area (TPSA) is 72.9 Å². The van der Waals surface area contributed by atoms with Crippen molar-refractivity contribution in [1.82, 2.24) is 9.78 Å². The Morgan fingerprint density at radius 1 is 1.53 bits per heavy atom. The van der Waals surface area contributed by atoms with Crippen LogP contribution in [0.5, 0.6) is 0 Å². The molecular weight excluding hydrogens is 237 g/mol. The van der Waals surface area contributed by atoms with Crippen molar-refractivity contribution in [2.75, 3.05) is 5.32 Å². The molecule has 1 heterocycles. The van der Waals surface area contributed by atoms with E-state index in [4.69, 9.17) is 5.73 Å². The van der Waals surface area contributed by atoms with Crippen molar-refractivity contribution in [1.29, 1.82) is 0 Å². The number of aryl methyl sites for hydroxylation is 2. The molecule has 0 saturated heterocycles. The lowest BCUT2D eigenvalue weighted by Gasteiger charge is -2.25. The number of amides is 1. The minimum atomic E-state index is -4.81. The molecule has 0 radical (unpaired) electrons. The maximum absolute atomic E-state index is 12.5. The molecule has 0 saturated carbocycles. The molecule has 1 aromatic heterocycles. The highest BCUT2D eigenvalue weighted by molar-refractivity contribution is 5.98. The number of nitrogens with two attached hydrogens (primary N) is 1. The lowest BCUT2D eigenvalue weighted by Crippen LogP contribution is -2.59. The fraction of sp³-hybridized carbons (Fsp3) is 0.556. The number of alkyl halides is 3. The summed E-state index contributed by atoms with van der Waals surface area (Å²) in [4.78, 5) is 11.4. The van der Waals surface area contributed by atoms with E-state index in [2.05, 4.69) is 10.4 Å². The molecule has 3 N–H and O–H groups in total. The van der Waals surface area contributed by atoms with E-state index >= 15 is 0 Å². The van der Waals surface area contributed by atoms with Gasteiger partial charge in [0.15, 0.2) is 5.54 Å². The Morgan fingerprint density at radius 2 is 2.06 bits per heavy atom. The molecule has 0 aliphatic carbocycles. The summed E-state index contributed by atoms with van der Waals surface area (Å²) in [6.45, 7) is 2.19. The Kier molecular flexibility index (Phi) is 3.19. The summed E-state index contributed by atoms with van der Waals surface area (Å²) in [7, 11) is 1.59. The van der Waals surface area contributed by atoms with Crippen molar-refractivity contribution in [2.24, 2.45) is 12.8 Å². The average Bonchev–Trinajstić information content (AvgIpc) is 2.43. The molecule has 0 spiro atoms. The lowest BCUT2D eigenvalue weighted by molar-refractivity contribution is -0.184. The van der Waals surface area contributed by atoms with Gasteiger partial charge in [0.25, 0.3) is 5.91 Å². The Hall–Kier alpha value is -1.57. The molecule has 1 rings (SSSR count). The molecule has 8 heteroatoms. The maximum atomic E-state index is 12.5. The van der Waals surface area contributed by atoms with Gasteiger partial charge >= 0.3 is 6.18 Å². The highest BCUT2D eigenvalue weighted by Gasteiger charge is 2.54. The van der Waals surface area contributed by atoms with Crippen LogP contribution < -0.4 is 11.1 Å². The molecule has 0 bridgehead atoms. The van der Waals surface area contributed by atoms with Crippen LogP contribution in [0.1, 0.15) is 12.6 Å². The summed E-state index contributed by atoms with van der Waals surface area (Å²) in [5.41, 5.74) is 2.66. The predicted octanol–water partition coefficient (Wildman–Crippen LogP) is 0.947. The zero-order valence-electron chi connectivity index (χ0n) is 9.59. The number of anilines is 1. The van der Waals surface area contributed by atoms with Crippen LogP contribution >= 0.6 is 0 Å². The van der Waals surface area contributed by atoms with Crippen LogP contribution in [-0.4, -0.2) is 27.4 Å². The van der Waals surface area contributed by atoms with Crippen LogP contribution in [0.2, 0.25) is 0 Å². The molecule has 1 unspecified atom stereocenters. The number of carbonyl (C=O) groups is 1. The van der Waals surface area contributed by atoms with E-state index in [9.17, 15) is 18.0 Å². The number of hydrogen-bond acceptors (Lipinski definition) is 3. The molecule has 1 aromatic rings. The van der Waals surface area contributed by atoms with Gasteiger partial charge in [-0.2, -0.15) is 18.3 Å². The molecule has 0 aromatic carbocycles. The van der Waals surface area contributed by atoms with E-state index in [1.165, 1.54) is 10.9 Å². The zero-order chi connectivity index (χ0) is 13.4. The number of nitrogens with zero attached hydrogens (tertiary/aromatic N) is 2. The van der Waals surface area contributed by atoms with Crippen LogP contribution in [0.15, 0.2) is 6.20 Å². The van der Waals surface area contributed by atoms with Crippen LogP contribution in [0.25, 0.3) is 0 Å². The van der Waals surface area contributed by atoms with E-state index < -0.39 is 17.6 Å². The first-order valence-electron chi connectivity index (χ1n) is 4.73. The Labute approximate surface area is 95.8 Å². The summed E-state index contributed by atoms with van der Waals surface area (Å²) in [6.07, 6.45) is -3.41. The number of carbonyl (C=O) groups excluding carboxylic acids is 1. The van der Waals surface area contributed by atoms with Gasteiger partial charge in [0.05, 0.1) is 11.4 Å². The Balaban J connectivity index is 2.90. The summed E-state index contributed by atoms with van der Waals surface area (Å²) in [5, 5.41) is 6.00. The molecule has 1 atom stereocenters. The highest BCUT2D eigenvalue weighted by atomic mass is 19.4. The fourth-order valence-corrected chi connectivity index (χ4v) is 1.10. The van der Waals surface area contributed by atoms with Gasteiger partial charge in [-0.15, -0.1) is 0 Å². The fourth-order valence-electron chi connectivity index (χ4n) is 1.10. The van der Waals surface area contributed by atoms with E-state index in [0.29, 0.717) is 12.6 Å². The van der Waals surface area contributed by atoms with Crippen molar-refractivity contribution in [3.8, 4) is 0 Å². The maximum Gasteiger partial charge on any atom is 0.415 e. The van der Waals surface area contributed by atoms with E-state index in [-0.39, 0.29) is 5.69 Å². The second-order valence-corrected chi connectivity index (χ2v) is 3.96. The van der Waals surface area contributed by atoms with Crippen LogP contribution in [0, 0.1) is 6.92 Å². The van der Waals surface area contributed by atoms with Gasteiger partial charge in [0.1, 0.15) is 0 Å². The molecule has 0 fully saturated rings. The van der Waals surface area contributed by atoms with Gasteiger partial charge in [0.2, 0.25) is 0 Å². The number of aromatic nitrogens is 2. The Morgan fingerprint density at radius 3 is 2.41 bits per heavy atom. The standard InChI is InChI=1S/C9H13F3N4O/c1-5-6(4-16(3)15-5)14-7(17)8(2,13)9(10,11)12/h4H,13H2,1-3H3,(H,14,17). The van der Waals surface area contributed by atoms with Gasteiger partial charge in [0, 0.05) is 13.2 Å². The van der Waals surface area contributed by atoms with Crippen LogP contribution in [0.3, 0.4) is 0 Å². The minimum Gasteiger partial charge on any atom is -0.321 e. The van der Waals surface area contributed by atoms with Crippen molar-refractivity contribution in [2.45, 2.75) is 25.6 Å². The third kappa shape index (κ3) is 2.57. The average molecular weight is 250 g/mol. The molecular formula is C9H13F3N4O. The molecule has 0 aliphatic heterocycles. The predicted molar refractivity (Wildman–Crippen MR) is 55.2 cm³/mol. The van der Waals surface area contributed by atoms with Gasteiger partial charge < -0.3 is 11.1 Å². The number of halogens is 3. The largest absolute Gasteiger partial charge is 0.415 e. The van der Waals surface area contributed by atoms with Crippen molar-refractivity contribution < 1.29 is 18.0 Å². The van der Waals surface area contributed by atoms with Crippen molar-refractivity contribution in [3.05, 3.63) is 11.9 Å². The monoisotopic (exact) mass is 250 g/mol. The highest BCUT2D eigenvalue weighted by Crippen LogP contribution is 2.29. The summed E-state index contributed by atoms with van der Waals surface area (Å²) >= 11 is 0. The smallest absolute Gasteiger partial charge is 0.321 e. The normalized spacial score (nSPS) is 15.5. The van der Waals surface area contributed by atoms with Crippen molar-refractivity contribution >= 4 is 11.6 Å². The minimum absolute atomic E-state index is 0.207. The molecule has 96 valence electrons. The molecule has 5 nitrogen and oxygen atoms in total. The third-order valence-electron chi connectivity index (χ3n) is 2.32. The summed E-state index contributed by atoms with van der Waals surface area (Å²) in [6, 6.07) is 0. The van der Waals surface area contributed by atoms with E-state index in [1.807, 2.05) is 0 Å². The van der Waals surface area contributed by atoms with Gasteiger partial charge in [-0.05, 0) is 13.8 Å². The summed E-state index contributed by atoms with van der Waals surface area (Å²) in [5.74, 6) is -1.32. The SMILES string of the molecule is Cc1nn(C)cc1NC(=O)C(C)(N)C(F)(F)F. The van der Waals surface area contributed by atoms with Crippen LogP contribution in [-0.2, 0) is 11.8 Å². The molecule has 0 aliphatic rings. The number of rotatable bonds is 2. The lowest BCUT2D eigenvalue weighted by atomic mass is 10.0. The van der Waals surface area contributed by atoms with E-state index in [0.717, 1.165) is 0 Å². The Bertz CT molecular complexity index is 436. The van der Waals surface area contributed by atoms with Crippen LogP contribution in [0.4, 0.5) is 18.9 Å². The first-order chi connectivity index (χ1) is 7.55.